The van der Waals surface area contributed by atoms with E-state index in [1.807, 2.05) is 91.0 Å². The lowest BCUT2D eigenvalue weighted by molar-refractivity contribution is -0.151. The topological polar surface area (TPSA) is 101 Å². The summed E-state index contributed by atoms with van der Waals surface area (Å²) < 4.78 is 16.9. The fourth-order valence-corrected chi connectivity index (χ4v) is 5.66. The molecule has 0 radical (unpaired) electrons. The van der Waals surface area contributed by atoms with E-state index in [0.29, 0.717) is 39.3 Å². The molecule has 1 heterocycles. The highest BCUT2D eigenvalue weighted by molar-refractivity contribution is 5.72. The highest BCUT2D eigenvalue weighted by Gasteiger charge is 2.38. The van der Waals surface area contributed by atoms with E-state index in [0.717, 1.165) is 16.7 Å². The molecule has 0 saturated carbocycles. The molecule has 0 aromatic heterocycles. The second-order valence-electron chi connectivity index (χ2n) is 12.7. The molecule has 0 amide bonds. The SMILES string of the molecule is CC1N(CC(=O)OCc2ccccc2)CCN(CC(=O)OCc2ccccc2)CCNCCN(CC(=O)OCc2ccccc2)C1(C)C. The first kappa shape index (κ1) is 36.7. The molecule has 1 unspecified atom stereocenters. The number of ether oxygens (including phenoxy) is 3. The third-order valence-corrected chi connectivity index (χ3v) is 8.98. The number of hydrogen-bond donors (Lipinski definition) is 1. The zero-order valence-electron chi connectivity index (χ0n) is 28.5. The third-order valence-electron chi connectivity index (χ3n) is 8.98. The molecule has 10 heteroatoms. The summed E-state index contributed by atoms with van der Waals surface area (Å²) in [5, 5.41) is 3.48. The second-order valence-corrected chi connectivity index (χ2v) is 12.7. The van der Waals surface area contributed by atoms with Crippen LogP contribution in [-0.4, -0.2) is 103 Å². The normalized spacial score (nSPS) is 18.2. The van der Waals surface area contributed by atoms with Crippen LogP contribution in [0.15, 0.2) is 91.0 Å². The van der Waals surface area contributed by atoms with Crippen molar-refractivity contribution in [2.45, 2.75) is 52.2 Å². The van der Waals surface area contributed by atoms with Gasteiger partial charge in [-0.25, -0.2) is 0 Å². The van der Waals surface area contributed by atoms with E-state index in [1.54, 1.807) is 0 Å². The van der Waals surface area contributed by atoms with Gasteiger partial charge in [-0.05, 0) is 37.5 Å². The molecule has 258 valence electrons. The van der Waals surface area contributed by atoms with Gasteiger partial charge in [0.25, 0.3) is 0 Å². The molecule has 48 heavy (non-hydrogen) atoms. The number of carbonyl (C=O) groups excluding carboxylic acids is 3. The molecule has 1 aliphatic rings. The zero-order valence-corrected chi connectivity index (χ0v) is 28.5. The smallest absolute Gasteiger partial charge is 0.320 e. The number of rotatable bonds is 12. The summed E-state index contributed by atoms with van der Waals surface area (Å²) in [6.07, 6.45) is 0. The van der Waals surface area contributed by atoms with Gasteiger partial charge in [0.1, 0.15) is 19.8 Å². The van der Waals surface area contributed by atoms with Crippen molar-refractivity contribution in [1.29, 1.82) is 0 Å². The zero-order chi connectivity index (χ0) is 34.2. The van der Waals surface area contributed by atoms with Crippen LogP contribution in [0.5, 0.6) is 0 Å². The number of benzene rings is 3. The summed E-state index contributed by atoms with van der Waals surface area (Å²) in [7, 11) is 0. The van der Waals surface area contributed by atoms with Crippen LogP contribution in [0.1, 0.15) is 37.5 Å². The van der Waals surface area contributed by atoms with Crippen LogP contribution in [-0.2, 0) is 48.4 Å². The van der Waals surface area contributed by atoms with E-state index >= 15 is 0 Å². The van der Waals surface area contributed by atoms with Crippen LogP contribution < -0.4 is 5.32 Å². The Morgan fingerprint density at radius 3 is 1.56 bits per heavy atom. The summed E-state index contributed by atoms with van der Waals surface area (Å²) in [5.41, 5.74) is 2.25. The van der Waals surface area contributed by atoms with Gasteiger partial charge in [0.15, 0.2) is 0 Å². The van der Waals surface area contributed by atoms with Crippen molar-refractivity contribution in [3.05, 3.63) is 108 Å². The molecule has 1 N–H and O–H groups in total. The summed E-state index contributed by atoms with van der Waals surface area (Å²) >= 11 is 0. The van der Waals surface area contributed by atoms with E-state index in [9.17, 15) is 14.4 Å². The summed E-state index contributed by atoms with van der Waals surface area (Å²) in [6.45, 7) is 10.7. The minimum Gasteiger partial charge on any atom is -0.460 e. The molecular formula is C38H50N4O6. The lowest BCUT2D eigenvalue weighted by Crippen LogP contribution is -2.61. The number of nitrogens with one attached hydrogen (secondary N) is 1. The van der Waals surface area contributed by atoms with Crippen LogP contribution in [0.3, 0.4) is 0 Å². The Hall–Kier alpha value is -4.09. The van der Waals surface area contributed by atoms with Crippen molar-refractivity contribution in [3.8, 4) is 0 Å². The van der Waals surface area contributed by atoms with E-state index < -0.39 is 5.54 Å². The van der Waals surface area contributed by atoms with Crippen molar-refractivity contribution in [3.63, 3.8) is 0 Å². The fourth-order valence-electron chi connectivity index (χ4n) is 5.66. The Kier molecular flexibility index (Phi) is 14.6. The summed E-state index contributed by atoms with van der Waals surface area (Å²) in [4.78, 5) is 45.5. The molecule has 0 bridgehead atoms. The molecule has 10 nitrogen and oxygen atoms in total. The molecule has 3 aromatic carbocycles. The van der Waals surface area contributed by atoms with Gasteiger partial charge < -0.3 is 19.5 Å². The highest BCUT2D eigenvalue weighted by atomic mass is 16.5. The van der Waals surface area contributed by atoms with Crippen LogP contribution in [0, 0.1) is 0 Å². The molecule has 0 aliphatic carbocycles. The maximum atomic E-state index is 13.2. The Bertz CT molecular complexity index is 1410. The predicted molar refractivity (Wildman–Crippen MR) is 185 cm³/mol. The van der Waals surface area contributed by atoms with Gasteiger partial charge in [0.2, 0.25) is 0 Å². The highest BCUT2D eigenvalue weighted by Crippen LogP contribution is 2.24. The standard InChI is InChI=1S/C38H50N4O6/c1-31-38(2,3)42(27-37(45)48-30-34-17-11-6-12-18-34)22-20-39-19-21-40(25-35(43)46-28-32-13-7-4-8-14-32)23-24-41(31)26-36(44)47-29-33-15-9-5-10-16-33/h4-18,31,39H,19-30H2,1-3H3. The molecule has 1 aliphatic heterocycles. The maximum Gasteiger partial charge on any atom is 0.320 e. The van der Waals surface area contributed by atoms with Crippen molar-refractivity contribution in [2.24, 2.45) is 0 Å². The second kappa shape index (κ2) is 19.0. The van der Waals surface area contributed by atoms with Gasteiger partial charge in [0.05, 0.1) is 19.6 Å². The van der Waals surface area contributed by atoms with Crippen LogP contribution >= 0.6 is 0 Å². The molecule has 0 spiro atoms. The van der Waals surface area contributed by atoms with Crippen molar-refractivity contribution in [1.82, 2.24) is 20.0 Å². The van der Waals surface area contributed by atoms with E-state index in [2.05, 4.69) is 40.8 Å². The van der Waals surface area contributed by atoms with Gasteiger partial charge in [-0.1, -0.05) is 91.0 Å². The summed E-state index contributed by atoms with van der Waals surface area (Å²) in [6, 6.07) is 28.7. The quantitative estimate of drug-likeness (QED) is 0.228. The first-order valence-corrected chi connectivity index (χ1v) is 16.7. The molecule has 1 fully saturated rings. The molecule has 3 aromatic rings. The van der Waals surface area contributed by atoms with Crippen molar-refractivity contribution in [2.75, 3.05) is 58.9 Å². The molecule has 1 saturated heterocycles. The van der Waals surface area contributed by atoms with Gasteiger partial charge in [-0.3, -0.25) is 29.1 Å². The monoisotopic (exact) mass is 658 g/mol. The van der Waals surface area contributed by atoms with Gasteiger partial charge in [-0.2, -0.15) is 0 Å². The average molecular weight is 659 g/mol. The van der Waals surface area contributed by atoms with Gasteiger partial charge in [-0.15, -0.1) is 0 Å². The first-order valence-electron chi connectivity index (χ1n) is 16.7. The lowest BCUT2D eigenvalue weighted by atomic mass is 9.91. The number of nitrogens with zero attached hydrogens (tertiary/aromatic N) is 3. The van der Waals surface area contributed by atoms with Crippen molar-refractivity contribution >= 4 is 17.9 Å². The largest absolute Gasteiger partial charge is 0.460 e. The lowest BCUT2D eigenvalue weighted by Gasteiger charge is -2.47. The average Bonchev–Trinajstić information content (AvgIpc) is 3.10. The number of esters is 3. The van der Waals surface area contributed by atoms with Crippen LogP contribution in [0.2, 0.25) is 0 Å². The Morgan fingerprint density at radius 2 is 1.06 bits per heavy atom. The van der Waals surface area contributed by atoms with E-state index in [-0.39, 0.29) is 63.4 Å². The Balaban J connectivity index is 1.44. The number of carbonyl (C=O) groups is 3. The van der Waals surface area contributed by atoms with Crippen LogP contribution in [0.25, 0.3) is 0 Å². The number of hydrogen-bond acceptors (Lipinski definition) is 10. The Morgan fingerprint density at radius 1 is 0.625 bits per heavy atom. The maximum absolute atomic E-state index is 13.2. The van der Waals surface area contributed by atoms with Gasteiger partial charge >= 0.3 is 17.9 Å². The minimum absolute atomic E-state index is 0.0638. The van der Waals surface area contributed by atoms with Crippen LogP contribution in [0.4, 0.5) is 0 Å². The minimum atomic E-state index is -0.536. The van der Waals surface area contributed by atoms with E-state index in [1.165, 1.54) is 0 Å². The predicted octanol–water partition coefficient (Wildman–Crippen LogP) is 3.89. The van der Waals surface area contributed by atoms with E-state index in [4.69, 9.17) is 14.2 Å². The third kappa shape index (κ3) is 12.2. The first-order chi connectivity index (χ1) is 23.2. The van der Waals surface area contributed by atoms with Crippen molar-refractivity contribution < 1.29 is 28.6 Å². The molecule has 4 rings (SSSR count). The summed E-state index contributed by atoms with van der Waals surface area (Å²) in [5.74, 6) is -0.938. The Labute approximate surface area is 284 Å². The molecular weight excluding hydrogens is 608 g/mol. The fraction of sp³-hybridized carbons (Fsp3) is 0.447. The van der Waals surface area contributed by atoms with Gasteiger partial charge in [0, 0.05) is 50.8 Å². The molecule has 1 atom stereocenters.